The van der Waals surface area contributed by atoms with Gasteiger partial charge in [-0.1, -0.05) is 0 Å². The quantitative estimate of drug-likeness (QED) is 0.884. The number of hydrogen-bond donors (Lipinski definition) is 1. The average Bonchev–Trinajstić information content (AvgIpc) is 2.77. The molecule has 0 aromatic heterocycles. The molecule has 1 aliphatic heterocycles. The number of carbonyl (C=O) groups excluding carboxylic acids is 1. The minimum absolute atomic E-state index is 0.00478. The molecule has 1 aromatic rings. The standard InChI is InChI=1S/C13H16FNO4/c1-18-8-3-4-9(12(5-8)19-2)13(17)15-6-10(14)11(16)7-15/h3-5,10-11,16H,6-7H2,1-2H3/t10-,11-/m1/s1. The summed E-state index contributed by atoms with van der Waals surface area (Å²) in [7, 11) is 2.96. The fourth-order valence-corrected chi connectivity index (χ4v) is 2.06. The van der Waals surface area contributed by atoms with Crippen LogP contribution in [0.5, 0.6) is 11.5 Å². The largest absolute Gasteiger partial charge is 0.497 e. The van der Waals surface area contributed by atoms with Gasteiger partial charge in [-0.25, -0.2) is 4.39 Å². The van der Waals surface area contributed by atoms with Crippen LogP contribution in [0.15, 0.2) is 18.2 Å². The Labute approximate surface area is 110 Å². The van der Waals surface area contributed by atoms with E-state index in [-0.39, 0.29) is 19.0 Å². The summed E-state index contributed by atoms with van der Waals surface area (Å²) in [5, 5.41) is 9.35. The minimum atomic E-state index is -1.40. The molecule has 0 saturated carbocycles. The number of aliphatic hydroxyl groups is 1. The number of benzene rings is 1. The lowest BCUT2D eigenvalue weighted by atomic mass is 10.1. The van der Waals surface area contributed by atoms with Gasteiger partial charge in [-0.05, 0) is 12.1 Å². The molecule has 0 bridgehead atoms. The molecule has 19 heavy (non-hydrogen) atoms. The Balaban J connectivity index is 2.24. The molecule has 0 radical (unpaired) electrons. The van der Waals surface area contributed by atoms with Crippen LogP contribution >= 0.6 is 0 Å². The van der Waals surface area contributed by atoms with Crippen LogP contribution in [0.4, 0.5) is 4.39 Å². The number of methoxy groups -OCH3 is 2. The highest BCUT2D eigenvalue weighted by Gasteiger charge is 2.35. The van der Waals surface area contributed by atoms with Crippen molar-refractivity contribution in [3.63, 3.8) is 0 Å². The third kappa shape index (κ3) is 2.63. The number of alkyl halides is 1. The van der Waals surface area contributed by atoms with Crippen LogP contribution < -0.4 is 9.47 Å². The smallest absolute Gasteiger partial charge is 0.257 e. The molecule has 1 aliphatic rings. The van der Waals surface area contributed by atoms with Crippen molar-refractivity contribution in [1.82, 2.24) is 4.90 Å². The molecule has 1 amide bonds. The van der Waals surface area contributed by atoms with Gasteiger partial charge in [-0.2, -0.15) is 0 Å². The Morgan fingerprint density at radius 3 is 2.63 bits per heavy atom. The highest BCUT2D eigenvalue weighted by Crippen LogP contribution is 2.27. The lowest BCUT2D eigenvalue weighted by molar-refractivity contribution is 0.0761. The number of carbonyl (C=O) groups is 1. The molecular formula is C13H16FNO4. The summed E-state index contributed by atoms with van der Waals surface area (Å²) in [5.41, 5.74) is 0.324. The lowest BCUT2D eigenvalue weighted by Crippen LogP contribution is -2.30. The van der Waals surface area contributed by atoms with E-state index in [0.717, 1.165) is 0 Å². The summed E-state index contributed by atoms with van der Waals surface area (Å²) in [6.45, 7) is -0.107. The Morgan fingerprint density at radius 1 is 1.37 bits per heavy atom. The maximum absolute atomic E-state index is 13.2. The van der Waals surface area contributed by atoms with E-state index < -0.39 is 12.3 Å². The van der Waals surface area contributed by atoms with Crippen molar-refractivity contribution >= 4 is 5.91 Å². The zero-order valence-electron chi connectivity index (χ0n) is 10.8. The van der Waals surface area contributed by atoms with E-state index >= 15 is 0 Å². The zero-order chi connectivity index (χ0) is 14.0. The molecule has 1 aromatic carbocycles. The summed E-state index contributed by atoms with van der Waals surface area (Å²) < 4.78 is 23.4. The highest BCUT2D eigenvalue weighted by atomic mass is 19.1. The average molecular weight is 269 g/mol. The van der Waals surface area contributed by atoms with Gasteiger partial charge in [0.1, 0.15) is 23.8 Å². The molecule has 1 fully saturated rings. The van der Waals surface area contributed by atoms with Gasteiger partial charge in [0.25, 0.3) is 5.91 Å². The van der Waals surface area contributed by atoms with Gasteiger partial charge in [-0.15, -0.1) is 0 Å². The minimum Gasteiger partial charge on any atom is -0.497 e. The molecule has 1 N–H and O–H groups in total. The van der Waals surface area contributed by atoms with Gasteiger partial charge in [0.15, 0.2) is 0 Å². The van der Waals surface area contributed by atoms with Gasteiger partial charge in [0, 0.05) is 12.6 Å². The van der Waals surface area contributed by atoms with Crippen LogP contribution in [0.1, 0.15) is 10.4 Å². The predicted octanol–water partition coefficient (Wildman–Crippen LogP) is 0.859. The first-order chi connectivity index (χ1) is 9.06. The van der Waals surface area contributed by atoms with E-state index in [1.165, 1.54) is 19.1 Å². The fraction of sp³-hybridized carbons (Fsp3) is 0.462. The number of β-amino-alcohol motifs (C(OH)–C–C–N with tert-alkyl or cyclic N) is 1. The van der Waals surface area contributed by atoms with Crippen molar-refractivity contribution < 1.29 is 23.8 Å². The molecule has 1 saturated heterocycles. The molecule has 2 rings (SSSR count). The first-order valence-electron chi connectivity index (χ1n) is 5.90. The fourth-order valence-electron chi connectivity index (χ4n) is 2.06. The number of nitrogens with zero attached hydrogens (tertiary/aromatic N) is 1. The summed E-state index contributed by atoms with van der Waals surface area (Å²) in [6.07, 6.45) is -2.51. The summed E-state index contributed by atoms with van der Waals surface area (Å²) in [6, 6.07) is 4.79. The Hall–Kier alpha value is -1.82. The predicted molar refractivity (Wildman–Crippen MR) is 66.4 cm³/mol. The van der Waals surface area contributed by atoms with Crippen LogP contribution in [0.2, 0.25) is 0 Å². The molecule has 2 atom stereocenters. The topological polar surface area (TPSA) is 59.0 Å². The van der Waals surface area contributed by atoms with Gasteiger partial charge >= 0.3 is 0 Å². The SMILES string of the molecule is COc1ccc(C(=O)N2C[C@@H](O)[C@H](F)C2)c(OC)c1. The van der Waals surface area contributed by atoms with Crippen molar-refractivity contribution in [1.29, 1.82) is 0 Å². The third-order valence-corrected chi connectivity index (χ3v) is 3.15. The zero-order valence-corrected chi connectivity index (χ0v) is 10.8. The van der Waals surface area contributed by atoms with Crippen molar-refractivity contribution in [2.45, 2.75) is 12.3 Å². The number of aliphatic hydroxyl groups excluding tert-OH is 1. The Bertz CT molecular complexity index is 470. The Kier molecular flexibility index (Phi) is 3.90. The number of likely N-dealkylation sites (tertiary alicyclic amines) is 1. The monoisotopic (exact) mass is 269 g/mol. The van der Waals surface area contributed by atoms with Gasteiger partial charge in [0.2, 0.25) is 0 Å². The molecule has 104 valence electrons. The summed E-state index contributed by atoms with van der Waals surface area (Å²) >= 11 is 0. The van der Waals surface area contributed by atoms with E-state index in [1.807, 2.05) is 0 Å². The second kappa shape index (κ2) is 5.44. The van der Waals surface area contributed by atoms with Gasteiger partial charge in [0.05, 0.1) is 26.3 Å². The molecule has 5 nitrogen and oxygen atoms in total. The van der Waals surface area contributed by atoms with Crippen LogP contribution in [-0.2, 0) is 0 Å². The van der Waals surface area contributed by atoms with E-state index in [4.69, 9.17) is 9.47 Å². The highest BCUT2D eigenvalue weighted by molar-refractivity contribution is 5.97. The molecule has 0 unspecified atom stereocenters. The molecule has 0 aliphatic carbocycles. The number of hydrogen-bond acceptors (Lipinski definition) is 4. The second-order valence-corrected chi connectivity index (χ2v) is 4.36. The van der Waals surface area contributed by atoms with E-state index in [1.54, 1.807) is 18.2 Å². The van der Waals surface area contributed by atoms with Crippen molar-refractivity contribution in [2.75, 3.05) is 27.3 Å². The van der Waals surface area contributed by atoms with Crippen molar-refractivity contribution in [3.8, 4) is 11.5 Å². The second-order valence-electron chi connectivity index (χ2n) is 4.36. The van der Waals surface area contributed by atoms with Gasteiger partial charge in [-0.3, -0.25) is 4.79 Å². The molecular weight excluding hydrogens is 253 g/mol. The van der Waals surface area contributed by atoms with E-state index in [9.17, 15) is 14.3 Å². The third-order valence-electron chi connectivity index (χ3n) is 3.15. The maximum Gasteiger partial charge on any atom is 0.257 e. The van der Waals surface area contributed by atoms with Crippen LogP contribution in [-0.4, -0.2) is 55.5 Å². The van der Waals surface area contributed by atoms with Crippen LogP contribution in [0, 0.1) is 0 Å². The number of halogens is 1. The summed E-state index contributed by atoms with van der Waals surface area (Å²) in [5.74, 6) is 0.568. The van der Waals surface area contributed by atoms with Crippen molar-refractivity contribution in [2.24, 2.45) is 0 Å². The van der Waals surface area contributed by atoms with Gasteiger partial charge < -0.3 is 19.5 Å². The molecule has 0 spiro atoms. The first-order valence-corrected chi connectivity index (χ1v) is 5.90. The summed E-state index contributed by atoms with van der Waals surface area (Å²) in [4.78, 5) is 13.5. The van der Waals surface area contributed by atoms with Crippen LogP contribution in [0.25, 0.3) is 0 Å². The molecule has 1 heterocycles. The van der Waals surface area contributed by atoms with E-state index in [2.05, 4.69) is 0 Å². The maximum atomic E-state index is 13.2. The number of amides is 1. The van der Waals surface area contributed by atoms with Crippen molar-refractivity contribution in [3.05, 3.63) is 23.8 Å². The van der Waals surface area contributed by atoms with E-state index in [0.29, 0.717) is 17.1 Å². The lowest BCUT2D eigenvalue weighted by Gasteiger charge is -2.17. The van der Waals surface area contributed by atoms with Crippen LogP contribution in [0.3, 0.4) is 0 Å². The Morgan fingerprint density at radius 2 is 2.11 bits per heavy atom. The number of rotatable bonds is 3. The number of ether oxygens (including phenoxy) is 2. The first kappa shape index (κ1) is 13.6. The molecule has 6 heteroatoms. The normalized spacial score (nSPS) is 22.4.